The summed E-state index contributed by atoms with van der Waals surface area (Å²) >= 11 is 0. The lowest BCUT2D eigenvalue weighted by Crippen LogP contribution is -2.51. The Labute approximate surface area is 213 Å². The molecule has 1 fully saturated rings. The van der Waals surface area contributed by atoms with E-state index >= 15 is 0 Å². The maximum atomic E-state index is 14.4. The number of aliphatic hydroxyl groups is 1. The second kappa shape index (κ2) is 8.79. The van der Waals surface area contributed by atoms with E-state index in [4.69, 9.17) is 10.5 Å². The standard InChI is InChI=1S/C25H23F4N5O4/c1-23(22(30)36)12-38-20-17(23)8-18(33-19(20)13-2-4-15(26)5-3-13)24(37,25(27,28)29)11-31-21(35)14-9-32-34(10-14)16-6-7-16/h2-5,8-10,16,37H,6-7,11-12H2,1H3,(H2,30,36)(H,31,35)/t23-,24?/m0/s1. The Morgan fingerprint density at radius 1 is 1.26 bits per heavy atom. The third-order valence-electron chi connectivity index (χ3n) is 6.92. The summed E-state index contributed by atoms with van der Waals surface area (Å²) in [6.45, 7) is -0.165. The van der Waals surface area contributed by atoms with Gasteiger partial charge >= 0.3 is 6.18 Å². The fourth-order valence-electron chi connectivity index (χ4n) is 4.24. The van der Waals surface area contributed by atoms with Crippen molar-refractivity contribution in [2.75, 3.05) is 13.2 Å². The number of nitrogens with one attached hydrogen (secondary N) is 1. The van der Waals surface area contributed by atoms with Gasteiger partial charge in [0.1, 0.15) is 29.3 Å². The van der Waals surface area contributed by atoms with Gasteiger partial charge in [-0.15, -0.1) is 0 Å². The number of halogens is 4. The summed E-state index contributed by atoms with van der Waals surface area (Å²) in [6, 6.07) is 5.77. The first kappa shape index (κ1) is 25.6. The largest absolute Gasteiger partial charge is 0.489 e. The minimum Gasteiger partial charge on any atom is -0.489 e. The Morgan fingerprint density at radius 2 is 1.95 bits per heavy atom. The van der Waals surface area contributed by atoms with Crippen molar-refractivity contribution >= 4 is 11.8 Å². The summed E-state index contributed by atoms with van der Waals surface area (Å²) in [5, 5.41) is 17.2. The number of nitrogens with zero attached hydrogens (tertiary/aromatic N) is 3. The van der Waals surface area contributed by atoms with E-state index in [1.165, 1.54) is 31.5 Å². The van der Waals surface area contributed by atoms with Crippen molar-refractivity contribution in [2.45, 2.75) is 43.0 Å². The molecule has 0 radical (unpaired) electrons. The van der Waals surface area contributed by atoms with Crippen molar-refractivity contribution in [3.05, 3.63) is 65.4 Å². The quantitative estimate of drug-likeness (QED) is 0.400. The molecule has 2 aliphatic rings. The van der Waals surface area contributed by atoms with Gasteiger partial charge in [0.05, 0.1) is 30.0 Å². The molecule has 0 spiro atoms. The zero-order chi connectivity index (χ0) is 27.5. The smallest absolute Gasteiger partial charge is 0.424 e. The molecule has 3 heterocycles. The van der Waals surface area contributed by atoms with E-state index in [1.807, 2.05) is 0 Å². The van der Waals surface area contributed by atoms with Crippen molar-refractivity contribution in [2.24, 2.45) is 5.73 Å². The number of carbonyl (C=O) groups is 2. The van der Waals surface area contributed by atoms with E-state index in [9.17, 15) is 32.3 Å². The lowest BCUT2D eigenvalue weighted by atomic mass is 9.81. The maximum Gasteiger partial charge on any atom is 0.424 e. The molecule has 4 N–H and O–H groups in total. The normalized spacial score (nSPS) is 20.4. The van der Waals surface area contributed by atoms with Gasteiger partial charge in [0.2, 0.25) is 11.5 Å². The van der Waals surface area contributed by atoms with Crippen molar-refractivity contribution in [1.29, 1.82) is 0 Å². The number of hydrogen-bond donors (Lipinski definition) is 3. The number of fused-ring (bicyclic) bond motifs is 1. The van der Waals surface area contributed by atoms with E-state index in [1.54, 1.807) is 4.68 Å². The summed E-state index contributed by atoms with van der Waals surface area (Å²) in [7, 11) is 0. The summed E-state index contributed by atoms with van der Waals surface area (Å²) in [5.74, 6) is -2.34. The summed E-state index contributed by atoms with van der Waals surface area (Å²) in [4.78, 5) is 29.0. The molecule has 200 valence electrons. The van der Waals surface area contributed by atoms with Gasteiger partial charge in [-0.3, -0.25) is 14.3 Å². The third kappa shape index (κ3) is 4.26. The van der Waals surface area contributed by atoms with Crippen LogP contribution in [0.1, 0.15) is 47.4 Å². The number of primary amides is 1. The highest BCUT2D eigenvalue weighted by Crippen LogP contribution is 2.47. The van der Waals surface area contributed by atoms with E-state index < -0.39 is 47.1 Å². The number of nitrogens with two attached hydrogens (primary N) is 1. The van der Waals surface area contributed by atoms with Gasteiger partial charge in [-0.25, -0.2) is 9.37 Å². The van der Waals surface area contributed by atoms with Gasteiger partial charge in [-0.05, 0) is 50.1 Å². The predicted octanol–water partition coefficient (Wildman–Crippen LogP) is 2.73. The lowest BCUT2D eigenvalue weighted by Gasteiger charge is -2.31. The first-order valence-corrected chi connectivity index (χ1v) is 11.7. The number of aromatic nitrogens is 3. The molecule has 2 atom stereocenters. The number of amides is 2. The van der Waals surface area contributed by atoms with Crippen LogP contribution in [-0.2, 0) is 15.8 Å². The highest BCUT2D eigenvalue weighted by molar-refractivity contribution is 5.93. The average Bonchev–Trinajstić information content (AvgIpc) is 3.49. The second-order valence-electron chi connectivity index (χ2n) is 9.71. The topological polar surface area (TPSA) is 132 Å². The number of ether oxygens (including phenoxy) is 1. The fraction of sp³-hybridized carbons (Fsp3) is 0.360. The number of benzene rings is 1. The Bertz CT molecular complexity index is 1420. The van der Waals surface area contributed by atoms with Gasteiger partial charge in [0, 0.05) is 17.3 Å². The SMILES string of the molecule is C[C@]1(C(N)=O)COc2c1cc(C(O)(CNC(=O)c1cnn(C3CC3)c1)C(F)(F)F)nc2-c1ccc(F)cc1. The Morgan fingerprint density at radius 3 is 2.55 bits per heavy atom. The fourth-order valence-corrected chi connectivity index (χ4v) is 4.24. The van der Waals surface area contributed by atoms with Crippen LogP contribution in [0.3, 0.4) is 0 Å². The third-order valence-corrected chi connectivity index (χ3v) is 6.92. The molecule has 2 aromatic heterocycles. The van der Waals surface area contributed by atoms with Gasteiger partial charge < -0.3 is 20.9 Å². The van der Waals surface area contributed by atoms with E-state index in [-0.39, 0.29) is 40.8 Å². The number of carbonyl (C=O) groups excluding carboxylic acids is 2. The number of hydrogen-bond acceptors (Lipinski definition) is 6. The molecule has 38 heavy (non-hydrogen) atoms. The summed E-state index contributed by atoms with van der Waals surface area (Å²) < 4.78 is 64.0. The molecule has 0 saturated heterocycles. The van der Waals surface area contributed by atoms with Crippen LogP contribution in [0.2, 0.25) is 0 Å². The maximum absolute atomic E-state index is 14.4. The van der Waals surface area contributed by atoms with Crippen LogP contribution in [0.15, 0.2) is 42.7 Å². The Balaban J connectivity index is 1.57. The molecular weight excluding hydrogens is 510 g/mol. The lowest BCUT2D eigenvalue weighted by molar-refractivity contribution is -0.265. The van der Waals surface area contributed by atoms with Gasteiger partial charge in [-0.1, -0.05) is 0 Å². The molecule has 1 unspecified atom stereocenters. The molecule has 9 nitrogen and oxygen atoms in total. The Hall–Kier alpha value is -4.00. The van der Waals surface area contributed by atoms with Gasteiger partial charge in [0.25, 0.3) is 5.91 Å². The molecule has 1 aliphatic heterocycles. The summed E-state index contributed by atoms with van der Waals surface area (Å²) in [5.41, 5.74) is -0.498. The molecule has 1 saturated carbocycles. The highest BCUT2D eigenvalue weighted by atomic mass is 19.4. The minimum absolute atomic E-state index is 0.0114. The first-order chi connectivity index (χ1) is 17.8. The molecule has 5 rings (SSSR count). The van der Waals surface area contributed by atoms with Crippen molar-refractivity contribution < 1.29 is 37.0 Å². The molecule has 3 aromatic rings. The van der Waals surface area contributed by atoms with Crippen LogP contribution in [0, 0.1) is 5.82 Å². The first-order valence-electron chi connectivity index (χ1n) is 11.7. The van der Waals surface area contributed by atoms with E-state index in [0.717, 1.165) is 31.0 Å². The highest BCUT2D eigenvalue weighted by Gasteiger charge is 2.57. The van der Waals surface area contributed by atoms with Crippen LogP contribution < -0.4 is 15.8 Å². The van der Waals surface area contributed by atoms with Crippen LogP contribution in [0.5, 0.6) is 5.75 Å². The van der Waals surface area contributed by atoms with Crippen LogP contribution in [0.25, 0.3) is 11.3 Å². The molecule has 2 amide bonds. The number of alkyl halides is 3. The Kier molecular flexibility index (Phi) is 5.93. The zero-order valence-electron chi connectivity index (χ0n) is 20.1. The van der Waals surface area contributed by atoms with Crippen LogP contribution >= 0.6 is 0 Å². The minimum atomic E-state index is -5.30. The monoisotopic (exact) mass is 533 g/mol. The second-order valence-corrected chi connectivity index (χ2v) is 9.71. The average molecular weight is 533 g/mol. The van der Waals surface area contributed by atoms with Crippen LogP contribution in [0.4, 0.5) is 17.6 Å². The van der Waals surface area contributed by atoms with E-state index in [0.29, 0.717) is 0 Å². The molecule has 1 aliphatic carbocycles. The van der Waals surface area contributed by atoms with Gasteiger partial charge in [-0.2, -0.15) is 18.3 Å². The molecule has 1 aromatic carbocycles. The zero-order valence-corrected chi connectivity index (χ0v) is 20.1. The molecule has 13 heteroatoms. The predicted molar refractivity (Wildman–Crippen MR) is 124 cm³/mol. The molecule has 0 bridgehead atoms. The molecular formula is C25H23F4N5O4. The number of pyridine rings is 1. The van der Waals surface area contributed by atoms with Crippen LogP contribution in [-0.4, -0.2) is 51.0 Å². The number of rotatable bonds is 7. The van der Waals surface area contributed by atoms with Crippen molar-refractivity contribution in [1.82, 2.24) is 20.1 Å². The van der Waals surface area contributed by atoms with Gasteiger partial charge in [0.15, 0.2) is 0 Å². The van der Waals surface area contributed by atoms with Crippen molar-refractivity contribution in [3.8, 4) is 17.0 Å². The van der Waals surface area contributed by atoms with Crippen molar-refractivity contribution in [3.63, 3.8) is 0 Å². The van der Waals surface area contributed by atoms with E-state index in [2.05, 4.69) is 15.4 Å². The summed E-state index contributed by atoms with van der Waals surface area (Å²) in [6.07, 6.45) is -0.857.